The lowest BCUT2D eigenvalue weighted by atomic mass is 10.4. The van der Waals surface area contributed by atoms with E-state index in [-0.39, 0.29) is 5.69 Å². The molecular weight excluding hydrogens is 166 g/mol. The number of pyridine rings is 1. The van der Waals surface area contributed by atoms with Gasteiger partial charge in [0.15, 0.2) is 0 Å². The first-order valence-corrected chi connectivity index (χ1v) is 3.37. The van der Waals surface area contributed by atoms with Crippen LogP contribution in [0.5, 0.6) is 0 Å². The highest BCUT2D eigenvalue weighted by molar-refractivity contribution is 6.29. The summed E-state index contributed by atoms with van der Waals surface area (Å²) in [6.07, 6.45) is 1.51. The Balaban J connectivity index is 2.92. The SMILES string of the molecule is O=c1[nH]c2cnc(Cl)cc2[nH]1. The van der Waals surface area contributed by atoms with Crippen LogP contribution in [-0.4, -0.2) is 15.0 Å². The Morgan fingerprint density at radius 2 is 2.09 bits per heavy atom. The fourth-order valence-electron chi connectivity index (χ4n) is 0.909. The summed E-state index contributed by atoms with van der Waals surface area (Å²) in [6.45, 7) is 0. The first kappa shape index (κ1) is 6.42. The molecule has 2 N–H and O–H groups in total. The van der Waals surface area contributed by atoms with Gasteiger partial charge in [-0.3, -0.25) is 0 Å². The van der Waals surface area contributed by atoms with Crippen LogP contribution < -0.4 is 5.69 Å². The van der Waals surface area contributed by atoms with Crippen LogP contribution in [0.2, 0.25) is 5.15 Å². The summed E-state index contributed by atoms with van der Waals surface area (Å²) >= 11 is 5.58. The van der Waals surface area contributed by atoms with Crippen molar-refractivity contribution < 1.29 is 0 Å². The van der Waals surface area contributed by atoms with E-state index in [9.17, 15) is 4.79 Å². The Bertz CT molecular complexity index is 444. The van der Waals surface area contributed by atoms with Gasteiger partial charge >= 0.3 is 5.69 Å². The normalized spacial score (nSPS) is 10.6. The van der Waals surface area contributed by atoms with Crippen molar-refractivity contribution in [3.63, 3.8) is 0 Å². The van der Waals surface area contributed by atoms with Crippen molar-refractivity contribution in [3.05, 3.63) is 27.9 Å². The van der Waals surface area contributed by atoms with Gasteiger partial charge in [0.2, 0.25) is 0 Å². The van der Waals surface area contributed by atoms with Gasteiger partial charge in [0.1, 0.15) is 5.15 Å². The standard InChI is InChI=1S/C6H4ClN3O/c7-5-1-3-4(2-8-5)10-6(11)9-3/h1-2H,(H2,9,10,11). The number of H-pyrrole nitrogens is 2. The number of nitrogens with one attached hydrogen (secondary N) is 2. The van der Waals surface area contributed by atoms with Gasteiger partial charge in [-0.15, -0.1) is 0 Å². The fraction of sp³-hybridized carbons (Fsp3) is 0. The average molecular weight is 170 g/mol. The van der Waals surface area contributed by atoms with E-state index in [1.165, 1.54) is 6.20 Å². The summed E-state index contributed by atoms with van der Waals surface area (Å²) in [4.78, 5) is 19.6. The fourth-order valence-corrected chi connectivity index (χ4v) is 1.07. The number of hydrogen-bond donors (Lipinski definition) is 2. The van der Waals surface area contributed by atoms with Crippen molar-refractivity contribution >= 4 is 22.6 Å². The van der Waals surface area contributed by atoms with Crippen LogP contribution in [0, 0.1) is 0 Å². The monoisotopic (exact) mass is 169 g/mol. The molecule has 4 nitrogen and oxygen atoms in total. The van der Waals surface area contributed by atoms with Crippen LogP contribution in [0.15, 0.2) is 17.1 Å². The van der Waals surface area contributed by atoms with Crippen LogP contribution in [0.25, 0.3) is 11.0 Å². The highest BCUT2D eigenvalue weighted by Crippen LogP contribution is 2.10. The first-order valence-electron chi connectivity index (χ1n) is 2.99. The summed E-state index contributed by atoms with van der Waals surface area (Å²) in [7, 11) is 0. The number of nitrogens with zero attached hydrogens (tertiary/aromatic N) is 1. The van der Waals surface area contributed by atoms with Gasteiger partial charge in [-0.2, -0.15) is 0 Å². The van der Waals surface area contributed by atoms with Crippen molar-refractivity contribution in [2.45, 2.75) is 0 Å². The number of fused-ring (bicyclic) bond motifs is 1. The van der Waals surface area contributed by atoms with E-state index in [0.29, 0.717) is 16.2 Å². The molecule has 0 aliphatic carbocycles. The second-order valence-electron chi connectivity index (χ2n) is 2.13. The second kappa shape index (κ2) is 2.10. The van der Waals surface area contributed by atoms with Crippen LogP contribution in [0.4, 0.5) is 0 Å². The van der Waals surface area contributed by atoms with E-state index in [1.807, 2.05) is 0 Å². The molecular formula is C6H4ClN3O. The summed E-state index contributed by atoms with van der Waals surface area (Å²) in [5.41, 5.74) is 1.10. The Hall–Kier alpha value is -1.29. The number of rotatable bonds is 0. The first-order chi connectivity index (χ1) is 5.25. The Kier molecular flexibility index (Phi) is 1.22. The molecule has 0 atom stereocenters. The lowest BCUT2D eigenvalue weighted by molar-refractivity contribution is 1.21. The lowest BCUT2D eigenvalue weighted by Gasteiger charge is -1.86. The molecule has 0 spiro atoms. The van der Waals surface area contributed by atoms with Crippen LogP contribution >= 0.6 is 11.6 Å². The molecule has 0 saturated carbocycles. The maximum Gasteiger partial charge on any atom is 0.323 e. The molecule has 0 bridgehead atoms. The van der Waals surface area contributed by atoms with E-state index in [0.717, 1.165) is 0 Å². The average Bonchev–Trinajstić information content (AvgIpc) is 2.27. The van der Waals surface area contributed by atoms with Gasteiger partial charge in [-0.1, -0.05) is 11.6 Å². The van der Waals surface area contributed by atoms with Gasteiger partial charge < -0.3 is 9.97 Å². The Morgan fingerprint density at radius 3 is 2.91 bits per heavy atom. The molecule has 0 radical (unpaired) electrons. The summed E-state index contributed by atoms with van der Waals surface area (Å²) < 4.78 is 0. The van der Waals surface area contributed by atoms with Crippen molar-refractivity contribution in [1.82, 2.24) is 15.0 Å². The largest absolute Gasteiger partial charge is 0.323 e. The zero-order valence-corrected chi connectivity index (χ0v) is 6.14. The quantitative estimate of drug-likeness (QED) is 0.576. The summed E-state index contributed by atoms with van der Waals surface area (Å²) in [5.74, 6) is 0. The van der Waals surface area contributed by atoms with Gasteiger partial charge in [0.25, 0.3) is 0 Å². The van der Waals surface area contributed by atoms with Crippen LogP contribution in [0.3, 0.4) is 0 Å². The predicted molar refractivity (Wildman–Crippen MR) is 41.7 cm³/mol. The number of hydrogen-bond acceptors (Lipinski definition) is 2. The molecule has 56 valence electrons. The third-order valence-corrected chi connectivity index (χ3v) is 1.57. The third-order valence-electron chi connectivity index (χ3n) is 1.37. The third kappa shape index (κ3) is 1.01. The molecule has 11 heavy (non-hydrogen) atoms. The lowest BCUT2D eigenvalue weighted by Crippen LogP contribution is -1.99. The zero-order chi connectivity index (χ0) is 7.84. The molecule has 2 aromatic heterocycles. The van der Waals surface area contributed by atoms with Crippen LogP contribution in [-0.2, 0) is 0 Å². The van der Waals surface area contributed by atoms with Gasteiger partial charge in [-0.05, 0) is 0 Å². The van der Waals surface area contributed by atoms with E-state index < -0.39 is 0 Å². The molecule has 5 heteroatoms. The molecule has 2 heterocycles. The minimum Gasteiger partial charge on any atom is -0.306 e. The van der Waals surface area contributed by atoms with Crippen molar-refractivity contribution in [3.8, 4) is 0 Å². The molecule has 0 aliphatic heterocycles. The molecule has 0 amide bonds. The Labute approximate surface area is 66.2 Å². The van der Waals surface area contributed by atoms with Crippen molar-refractivity contribution in [2.24, 2.45) is 0 Å². The molecule has 0 unspecified atom stereocenters. The molecule has 2 rings (SSSR count). The summed E-state index contributed by atoms with van der Waals surface area (Å²) in [5, 5.41) is 0.368. The maximum atomic E-state index is 10.7. The minimum atomic E-state index is -0.246. The number of aromatic amines is 2. The smallest absolute Gasteiger partial charge is 0.306 e. The minimum absolute atomic E-state index is 0.246. The molecule has 2 aromatic rings. The molecule has 0 aliphatic rings. The van der Waals surface area contributed by atoms with Gasteiger partial charge in [0, 0.05) is 6.07 Å². The topological polar surface area (TPSA) is 61.5 Å². The molecule has 0 aromatic carbocycles. The summed E-state index contributed by atoms with van der Waals surface area (Å²) in [6, 6.07) is 1.59. The van der Waals surface area contributed by atoms with E-state index >= 15 is 0 Å². The van der Waals surface area contributed by atoms with E-state index in [1.54, 1.807) is 6.07 Å². The predicted octanol–water partition coefficient (Wildman–Crippen LogP) is 0.905. The number of halogens is 1. The molecule has 0 fully saturated rings. The van der Waals surface area contributed by atoms with Crippen LogP contribution in [0.1, 0.15) is 0 Å². The second-order valence-corrected chi connectivity index (χ2v) is 2.52. The van der Waals surface area contributed by atoms with Gasteiger partial charge in [0.05, 0.1) is 17.2 Å². The van der Waals surface area contributed by atoms with E-state index in [2.05, 4.69) is 15.0 Å². The highest BCUT2D eigenvalue weighted by atomic mass is 35.5. The number of aromatic nitrogens is 3. The highest BCUT2D eigenvalue weighted by Gasteiger charge is 1.97. The van der Waals surface area contributed by atoms with E-state index in [4.69, 9.17) is 11.6 Å². The van der Waals surface area contributed by atoms with Gasteiger partial charge in [-0.25, -0.2) is 9.78 Å². The molecule has 0 saturated heterocycles. The zero-order valence-electron chi connectivity index (χ0n) is 5.39. The maximum absolute atomic E-state index is 10.7. The number of imidazole rings is 1. The van der Waals surface area contributed by atoms with Crippen molar-refractivity contribution in [1.29, 1.82) is 0 Å². The van der Waals surface area contributed by atoms with Crippen molar-refractivity contribution in [2.75, 3.05) is 0 Å². The Morgan fingerprint density at radius 1 is 1.36 bits per heavy atom.